The number of hydrogen-bond acceptors (Lipinski definition) is 2. The third kappa shape index (κ3) is 2.97. The molecule has 4 heteroatoms. The van der Waals surface area contributed by atoms with E-state index in [2.05, 4.69) is 16.6 Å². The van der Waals surface area contributed by atoms with E-state index >= 15 is 0 Å². The summed E-state index contributed by atoms with van der Waals surface area (Å²) in [6, 6.07) is 1.98. The van der Waals surface area contributed by atoms with E-state index in [-0.39, 0.29) is 6.10 Å². The zero-order valence-corrected chi connectivity index (χ0v) is 10.4. The lowest BCUT2D eigenvalue weighted by molar-refractivity contribution is 0.166. The van der Waals surface area contributed by atoms with Crippen LogP contribution in [0.5, 0.6) is 0 Å². The predicted octanol–water partition coefficient (Wildman–Crippen LogP) is 2.10. The largest absolute Gasteiger partial charge is 0.388 e. The van der Waals surface area contributed by atoms with Crippen LogP contribution in [0.4, 0.5) is 0 Å². The van der Waals surface area contributed by atoms with Crippen LogP contribution < -0.4 is 0 Å². The smallest absolute Gasteiger partial charge is 0.0804 e. The first-order valence-electron chi connectivity index (χ1n) is 6.00. The maximum atomic E-state index is 9.87. The Bertz CT molecular complexity index is 472. The summed E-state index contributed by atoms with van der Waals surface area (Å²) in [5.41, 5.74) is 2.16. The summed E-state index contributed by atoms with van der Waals surface area (Å²) in [6.45, 7) is 2.88. The van der Waals surface area contributed by atoms with Crippen LogP contribution in [0.2, 0.25) is 0 Å². The van der Waals surface area contributed by atoms with Gasteiger partial charge in [-0.25, -0.2) is 0 Å². The first kappa shape index (κ1) is 11.9. The minimum atomic E-state index is -0.338. The molecule has 0 amide bonds. The van der Waals surface area contributed by atoms with Gasteiger partial charge in [0.2, 0.25) is 0 Å². The van der Waals surface area contributed by atoms with Gasteiger partial charge < -0.3 is 9.67 Å². The first-order chi connectivity index (χ1) is 8.19. The van der Waals surface area contributed by atoms with E-state index in [4.69, 9.17) is 0 Å². The van der Waals surface area contributed by atoms with E-state index in [1.165, 1.54) is 5.56 Å². The van der Waals surface area contributed by atoms with Crippen molar-refractivity contribution in [1.82, 2.24) is 14.3 Å². The molecule has 0 saturated heterocycles. The fourth-order valence-corrected chi connectivity index (χ4v) is 1.96. The number of nitrogens with zero attached hydrogens (tertiary/aromatic N) is 3. The summed E-state index contributed by atoms with van der Waals surface area (Å²) >= 11 is 0. The molecule has 92 valence electrons. The normalized spacial score (nSPS) is 12.9. The molecule has 2 aromatic heterocycles. The lowest BCUT2D eigenvalue weighted by Crippen LogP contribution is -1.97. The van der Waals surface area contributed by atoms with Gasteiger partial charge in [0, 0.05) is 31.2 Å². The van der Waals surface area contributed by atoms with E-state index in [0.29, 0.717) is 0 Å². The van der Waals surface area contributed by atoms with Gasteiger partial charge in [0.1, 0.15) is 0 Å². The molecule has 0 aliphatic rings. The molecule has 0 aliphatic carbocycles. The second-order valence-electron chi connectivity index (χ2n) is 4.44. The SMILES string of the molecule is CCCC(O)c1ccn(Cc2cnn(C)c2)c1. The zero-order valence-electron chi connectivity index (χ0n) is 10.4. The Kier molecular flexibility index (Phi) is 3.64. The van der Waals surface area contributed by atoms with Gasteiger partial charge in [0.25, 0.3) is 0 Å². The van der Waals surface area contributed by atoms with Gasteiger partial charge in [-0.2, -0.15) is 5.10 Å². The molecule has 0 saturated carbocycles. The third-order valence-electron chi connectivity index (χ3n) is 2.84. The maximum Gasteiger partial charge on any atom is 0.0804 e. The number of rotatable bonds is 5. The van der Waals surface area contributed by atoms with Crippen molar-refractivity contribution in [2.24, 2.45) is 7.05 Å². The summed E-state index contributed by atoms with van der Waals surface area (Å²) in [5, 5.41) is 14.0. The lowest BCUT2D eigenvalue weighted by Gasteiger charge is -2.06. The van der Waals surface area contributed by atoms with Crippen molar-refractivity contribution in [3.63, 3.8) is 0 Å². The molecule has 1 atom stereocenters. The highest BCUT2D eigenvalue weighted by Crippen LogP contribution is 2.18. The molecule has 0 aliphatic heterocycles. The fraction of sp³-hybridized carbons (Fsp3) is 0.462. The summed E-state index contributed by atoms with van der Waals surface area (Å²) in [4.78, 5) is 0. The van der Waals surface area contributed by atoms with Crippen molar-refractivity contribution in [1.29, 1.82) is 0 Å². The maximum absolute atomic E-state index is 9.87. The Morgan fingerprint density at radius 2 is 2.24 bits per heavy atom. The number of aliphatic hydroxyl groups excluding tert-OH is 1. The molecule has 0 aromatic carbocycles. The van der Waals surface area contributed by atoms with Gasteiger partial charge in [-0.15, -0.1) is 0 Å². The van der Waals surface area contributed by atoms with Crippen LogP contribution >= 0.6 is 0 Å². The van der Waals surface area contributed by atoms with Crippen molar-refractivity contribution in [2.75, 3.05) is 0 Å². The van der Waals surface area contributed by atoms with Crippen molar-refractivity contribution in [3.8, 4) is 0 Å². The Morgan fingerprint density at radius 1 is 1.41 bits per heavy atom. The topological polar surface area (TPSA) is 43.0 Å². The third-order valence-corrected chi connectivity index (χ3v) is 2.84. The van der Waals surface area contributed by atoms with Crippen LogP contribution in [-0.4, -0.2) is 19.5 Å². The standard InChI is InChI=1S/C13H19N3O/c1-3-4-13(17)12-5-6-16(10-12)9-11-7-14-15(2)8-11/h5-8,10,13,17H,3-4,9H2,1-2H3. The van der Waals surface area contributed by atoms with E-state index in [9.17, 15) is 5.11 Å². The van der Waals surface area contributed by atoms with Crippen LogP contribution in [0.25, 0.3) is 0 Å². The molecule has 0 spiro atoms. The molecule has 1 unspecified atom stereocenters. The van der Waals surface area contributed by atoms with Gasteiger partial charge in [-0.05, 0) is 18.1 Å². The van der Waals surface area contributed by atoms with Crippen molar-refractivity contribution < 1.29 is 5.11 Å². The van der Waals surface area contributed by atoms with Gasteiger partial charge >= 0.3 is 0 Å². The Hall–Kier alpha value is -1.55. The Morgan fingerprint density at radius 3 is 2.88 bits per heavy atom. The lowest BCUT2D eigenvalue weighted by atomic mass is 10.1. The molecule has 0 radical (unpaired) electrons. The summed E-state index contributed by atoms with van der Waals surface area (Å²) in [5.74, 6) is 0. The van der Waals surface area contributed by atoms with Gasteiger partial charge in [-0.3, -0.25) is 4.68 Å². The van der Waals surface area contributed by atoms with Crippen LogP contribution in [-0.2, 0) is 13.6 Å². The number of aryl methyl sites for hydroxylation is 1. The average Bonchev–Trinajstić information content (AvgIpc) is 2.89. The molecule has 17 heavy (non-hydrogen) atoms. The Balaban J connectivity index is 2.03. The quantitative estimate of drug-likeness (QED) is 0.859. The molecular weight excluding hydrogens is 214 g/mol. The zero-order chi connectivity index (χ0) is 12.3. The molecular formula is C13H19N3O. The minimum absolute atomic E-state index is 0.338. The molecule has 2 rings (SSSR count). The average molecular weight is 233 g/mol. The van der Waals surface area contributed by atoms with E-state index in [1.807, 2.05) is 37.9 Å². The second-order valence-corrected chi connectivity index (χ2v) is 4.44. The van der Waals surface area contributed by atoms with E-state index in [0.717, 1.165) is 24.9 Å². The van der Waals surface area contributed by atoms with Crippen LogP contribution in [0, 0.1) is 0 Å². The fourth-order valence-electron chi connectivity index (χ4n) is 1.96. The number of hydrogen-bond donors (Lipinski definition) is 1. The highest BCUT2D eigenvalue weighted by atomic mass is 16.3. The predicted molar refractivity (Wildman–Crippen MR) is 66.6 cm³/mol. The van der Waals surface area contributed by atoms with Gasteiger partial charge in [0.05, 0.1) is 18.8 Å². The van der Waals surface area contributed by atoms with Crippen LogP contribution in [0.15, 0.2) is 30.9 Å². The Labute approximate surface area is 101 Å². The number of aliphatic hydroxyl groups is 1. The highest BCUT2D eigenvalue weighted by molar-refractivity contribution is 5.15. The molecule has 4 nitrogen and oxygen atoms in total. The van der Waals surface area contributed by atoms with Crippen molar-refractivity contribution in [2.45, 2.75) is 32.4 Å². The van der Waals surface area contributed by atoms with Crippen molar-refractivity contribution in [3.05, 3.63) is 42.0 Å². The van der Waals surface area contributed by atoms with Crippen LogP contribution in [0.3, 0.4) is 0 Å². The molecule has 2 aromatic rings. The van der Waals surface area contributed by atoms with E-state index in [1.54, 1.807) is 4.68 Å². The molecule has 0 fully saturated rings. The van der Waals surface area contributed by atoms with Gasteiger partial charge in [-0.1, -0.05) is 13.3 Å². The summed E-state index contributed by atoms with van der Waals surface area (Å²) < 4.78 is 3.87. The summed E-state index contributed by atoms with van der Waals surface area (Å²) in [6.07, 6.45) is 9.35. The second kappa shape index (κ2) is 5.19. The molecule has 0 bridgehead atoms. The first-order valence-corrected chi connectivity index (χ1v) is 6.00. The van der Waals surface area contributed by atoms with Crippen molar-refractivity contribution >= 4 is 0 Å². The molecule has 2 heterocycles. The number of aromatic nitrogens is 3. The monoisotopic (exact) mass is 233 g/mol. The van der Waals surface area contributed by atoms with Crippen LogP contribution in [0.1, 0.15) is 37.0 Å². The van der Waals surface area contributed by atoms with E-state index < -0.39 is 0 Å². The highest BCUT2D eigenvalue weighted by Gasteiger charge is 2.08. The molecule has 1 N–H and O–H groups in total. The minimum Gasteiger partial charge on any atom is -0.388 e. The summed E-state index contributed by atoms with van der Waals surface area (Å²) in [7, 11) is 1.91. The van der Waals surface area contributed by atoms with Gasteiger partial charge in [0.15, 0.2) is 0 Å².